The quantitative estimate of drug-likeness (QED) is 0.140. The summed E-state index contributed by atoms with van der Waals surface area (Å²) in [6.07, 6.45) is 5.98. The summed E-state index contributed by atoms with van der Waals surface area (Å²) in [5.41, 5.74) is 9.09. The molecular formula is C44H24B6N2. The van der Waals surface area contributed by atoms with Gasteiger partial charge in [-0.15, -0.1) is 22.8 Å². The van der Waals surface area contributed by atoms with Gasteiger partial charge in [0.1, 0.15) is 52.9 Å². The molecule has 0 aliphatic heterocycles. The minimum Gasteiger partial charge on any atom is -0.292 e. The first kappa shape index (κ1) is 33.4. The fourth-order valence-electron chi connectivity index (χ4n) is 7.36. The highest BCUT2D eigenvalue weighted by atomic mass is 15.1. The number of imidazole rings is 1. The molecular weight excluding hydrogens is 621 g/mol. The number of nitrogens with zero attached hydrogens (tertiary/aromatic N) is 2. The van der Waals surface area contributed by atoms with Crippen LogP contribution in [0.2, 0.25) is 0 Å². The number of terminal acetylenes is 1. The normalized spacial score (nSPS) is 11.9. The fraction of sp³-hybridized carbons (Fsp3) is 0.0227. The molecule has 0 unspecified atom stereocenters. The first-order valence-electron chi connectivity index (χ1n) is 16.8. The number of rotatable bonds is 6. The Balaban J connectivity index is 1.38. The molecule has 52 heavy (non-hydrogen) atoms. The highest BCUT2D eigenvalue weighted by Gasteiger charge is 2.21. The van der Waals surface area contributed by atoms with Crippen LogP contribution in [0.5, 0.6) is 0 Å². The number of para-hydroxylation sites is 3. The predicted molar refractivity (Wildman–Crippen MR) is 225 cm³/mol. The summed E-state index contributed by atoms with van der Waals surface area (Å²) in [4.78, 5) is 5.14. The highest BCUT2D eigenvalue weighted by molar-refractivity contribution is 6.65. The van der Waals surface area contributed by atoms with E-state index in [1.54, 1.807) is 0 Å². The van der Waals surface area contributed by atoms with Crippen molar-refractivity contribution in [3.05, 3.63) is 150 Å². The maximum Gasteiger partial charge on any atom is 0.145 e. The number of benzene rings is 7. The predicted octanol–water partition coefficient (Wildman–Crippen LogP) is 5.07. The molecule has 0 atom stereocenters. The Kier molecular flexibility index (Phi) is 8.60. The second-order valence-electron chi connectivity index (χ2n) is 12.8. The van der Waals surface area contributed by atoms with Gasteiger partial charge in [0.15, 0.2) is 0 Å². The van der Waals surface area contributed by atoms with Gasteiger partial charge < -0.3 is 0 Å². The Labute approximate surface area is 311 Å². The summed E-state index contributed by atoms with van der Waals surface area (Å²) in [6, 6.07) is 43.8. The fourth-order valence-corrected chi connectivity index (χ4v) is 7.36. The molecule has 7 aromatic carbocycles. The Morgan fingerprint density at radius 1 is 0.596 bits per heavy atom. The number of aromatic nitrogens is 2. The number of hydrogen-bond acceptors (Lipinski definition) is 1. The van der Waals surface area contributed by atoms with Crippen molar-refractivity contribution in [1.82, 2.24) is 9.55 Å². The Morgan fingerprint density at radius 2 is 1.17 bits per heavy atom. The van der Waals surface area contributed by atoms with Crippen LogP contribution in [0, 0.1) is 12.3 Å². The highest BCUT2D eigenvalue weighted by Crippen LogP contribution is 2.41. The van der Waals surface area contributed by atoms with E-state index in [1.165, 1.54) is 0 Å². The average molecular weight is 646 g/mol. The van der Waals surface area contributed by atoms with E-state index in [0.717, 1.165) is 66.3 Å². The Bertz CT molecular complexity index is 2740. The molecule has 8 aromatic rings. The van der Waals surface area contributed by atoms with Crippen molar-refractivity contribution in [1.29, 1.82) is 0 Å². The molecule has 0 saturated carbocycles. The summed E-state index contributed by atoms with van der Waals surface area (Å²) in [6.45, 7) is 0. The van der Waals surface area contributed by atoms with Gasteiger partial charge in [0.25, 0.3) is 0 Å². The van der Waals surface area contributed by atoms with Gasteiger partial charge in [-0.25, -0.2) is 4.98 Å². The van der Waals surface area contributed by atoms with Crippen LogP contribution < -0.4 is 21.9 Å². The molecule has 0 saturated heterocycles. The van der Waals surface area contributed by atoms with Crippen LogP contribution in [0.3, 0.4) is 0 Å². The van der Waals surface area contributed by atoms with Gasteiger partial charge >= 0.3 is 0 Å². The van der Waals surface area contributed by atoms with Gasteiger partial charge in [0, 0.05) is 11.3 Å². The van der Waals surface area contributed by atoms with E-state index in [2.05, 4.69) is 89.4 Å². The van der Waals surface area contributed by atoms with Crippen molar-refractivity contribution in [2.75, 3.05) is 0 Å². The van der Waals surface area contributed by atoms with E-state index >= 15 is 0 Å². The first-order valence-corrected chi connectivity index (χ1v) is 16.8. The van der Waals surface area contributed by atoms with Gasteiger partial charge in [-0.05, 0) is 86.1 Å². The van der Waals surface area contributed by atoms with Crippen LogP contribution in [-0.2, 0) is 6.42 Å². The van der Waals surface area contributed by atoms with Crippen molar-refractivity contribution < 1.29 is 0 Å². The third-order valence-corrected chi connectivity index (χ3v) is 9.86. The molecule has 0 N–H and O–H groups in total. The van der Waals surface area contributed by atoms with E-state index in [-0.39, 0.29) is 32.8 Å². The molecule has 12 radical (unpaired) electrons. The lowest BCUT2D eigenvalue weighted by Crippen LogP contribution is -2.50. The van der Waals surface area contributed by atoms with Crippen LogP contribution in [0.4, 0.5) is 0 Å². The number of hydrogen-bond donors (Lipinski definition) is 0. The third kappa shape index (κ3) is 5.44. The van der Waals surface area contributed by atoms with Crippen molar-refractivity contribution in [3.63, 3.8) is 0 Å². The topological polar surface area (TPSA) is 17.8 Å². The lowest BCUT2D eigenvalue weighted by Gasteiger charge is -2.26. The summed E-state index contributed by atoms with van der Waals surface area (Å²) < 4.78 is 2.22. The van der Waals surface area contributed by atoms with E-state index in [0.29, 0.717) is 17.5 Å². The second kappa shape index (κ2) is 13.4. The van der Waals surface area contributed by atoms with E-state index < -0.39 is 0 Å². The summed E-state index contributed by atoms with van der Waals surface area (Å²) in [5, 5.41) is 4.19. The van der Waals surface area contributed by atoms with Crippen molar-refractivity contribution in [2.24, 2.45) is 0 Å². The van der Waals surface area contributed by atoms with Crippen LogP contribution >= 0.6 is 0 Å². The molecule has 0 amide bonds. The van der Waals surface area contributed by atoms with Gasteiger partial charge in [-0.2, -0.15) is 0 Å². The molecule has 1 heterocycles. The van der Waals surface area contributed by atoms with E-state index in [9.17, 15) is 0 Å². The molecule has 0 aliphatic rings. The van der Waals surface area contributed by atoms with Gasteiger partial charge in [0.05, 0.1) is 11.0 Å². The minimum absolute atomic E-state index is 0.0299. The van der Waals surface area contributed by atoms with Crippen LogP contribution in [0.1, 0.15) is 16.7 Å². The monoisotopic (exact) mass is 646 g/mol. The van der Waals surface area contributed by atoms with Crippen molar-refractivity contribution in [2.45, 2.75) is 6.42 Å². The van der Waals surface area contributed by atoms with Crippen molar-refractivity contribution in [3.8, 4) is 40.5 Å². The van der Waals surface area contributed by atoms with Crippen LogP contribution in [0.25, 0.3) is 66.3 Å². The maximum atomic E-state index is 6.70. The summed E-state index contributed by atoms with van der Waals surface area (Å²) >= 11 is 0. The second-order valence-corrected chi connectivity index (χ2v) is 12.8. The minimum atomic E-state index is 0.0299. The maximum absolute atomic E-state index is 6.70. The largest absolute Gasteiger partial charge is 0.292 e. The van der Waals surface area contributed by atoms with Gasteiger partial charge in [-0.1, -0.05) is 119 Å². The third-order valence-electron chi connectivity index (χ3n) is 9.86. The molecule has 0 bridgehead atoms. The van der Waals surface area contributed by atoms with Crippen LogP contribution in [-0.4, -0.2) is 56.6 Å². The SMILES string of the molecule is [B]/C(C#C)=C(\[B])c1c([B])c([B])c([B])c([B])c1Cc1c2ccccc2c(-c2cccc(-c3nc4ccccc4n3-c3ccccc3)c2)c2ccccc12. The van der Waals surface area contributed by atoms with Crippen molar-refractivity contribution >= 4 is 107 Å². The average Bonchev–Trinajstić information content (AvgIpc) is 3.58. The number of fused-ring (bicyclic) bond motifs is 3. The summed E-state index contributed by atoms with van der Waals surface area (Å²) in [5.74, 6) is 3.27. The molecule has 8 heteroatoms. The zero-order chi connectivity index (χ0) is 36.1. The molecule has 0 aliphatic carbocycles. The molecule has 0 fully saturated rings. The zero-order valence-electron chi connectivity index (χ0n) is 28.3. The lowest BCUT2D eigenvalue weighted by molar-refractivity contribution is 1.10. The van der Waals surface area contributed by atoms with E-state index in [4.69, 9.17) is 58.5 Å². The molecule has 1 aromatic heterocycles. The smallest absolute Gasteiger partial charge is 0.145 e. The Hall–Kier alpha value is -5.78. The number of allylic oxidation sites excluding steroid dienone is 1. The standard InChI is InChI=1S/C44H24B6N2/c1-2-34(45)40(47)38-33(39(46)42(49)43(50)41(38)48)24-32-28-17-6-8-19-30(28)37(31-20-9-7-18-29(31)32)25-13-12-14-26(23-25)44-51-35-21-10-11-22-36(35)52(44)27-15-4-3-5-16-27/h1,3-23H,24H2/b40-34-. The molecule has 0 spiro atoms. The van der Waals surface area contributed by atoms with E-state index in [1.807, 2.05) is 48.5 Å². The molecule has 2 nitrogen and oxygen atoms in total. The van der Waals surface area contributed by atoms with Gasteiger partial charge in [0.2, 0.25) is 0 Å². The Morgan fingerprint density at radius 3 is 1.85 bits per heavy atom. The van der Waals surface area contributed by atoms with Crippen LogP contribution in [0.15, 0.2) is 133 Å². The summed E-state index contributed by atoms with van der Waals surface area (Å²) in [7, 11) is 38.6. The molecule has 228 valence electrons. The first-order chi connectivity index (χ1) is 25.3. The lowest BCUT2D eigenvalue weighted by atomic mass is 9.59. The molecule has 8 rings (SSSR count). The zero-order valence-corrected chi connectivity index (χ0v) is 28.3. The van der Waals surface area contributed by atoms with Gasteiger partial charge in [-0.3, -0.25) is 4.57 Å².